The molecule has 0 aliphatic rings. The first-order valence-corrected chi connectivity index (χ1v) is 9.54. The Labute approximate surface area is 145 Å². The van der Waals surface area contributed by atoms with Gasteiger partial charge in [0.1, 0.15) is 5.01 Å². The molecule has 2 aromatic rings. The van der Waals surface area contributed by atoms with Crippen molar-refractivity contribution in [2.45, 2.75) is 47.1 Å². The second-order valence-electron chi connectivity index (χ2n) is 5.47. The van der Waals surface area contributed by atoms with Crippen LogP contribution in [0.15, 0.2) is 6.07 Å². The zero-order valence-corrected chi connectivity index (χ0v) is 15.8. The third kappa shape index (κ3) is 5.12. The van der Waals surface area contributed by atoms with Crippen molar-refractivity contribution >= 4 is 28.6 Å². The molecule has 126 valence electrons. The molecule has 0 radical (unpaired) electrons. The quantitative estimate of drug-likeness (QED) is 0.576. The number of thiophene rings is 1. The molecular formula is C17H24N2O2S2. The molecule has 0 spiro atoms. The molecule has 6 heteroatoms. The van der Waals surface area contributed by atoms with Crippen LogP contribution in [0.2, 0.25) is 0 Å². The number of nitrogens with zero attached hydrogens (tertiary/aromatic N) is 1. The van der Waals surface area contributed by atoms with E-state index in [0.29, 0.717) is 18.8 Å². The second kappa shape index (κ2) is 8.57. The summed E-state index contributed by atoms with van der Waals surface area (Å²) in [7, 11) is 0. The largest absolute Gasteiger partial charge is 0.461 e. The van der Waals surface area contributed by atoms with Gasteiger partial charge in [-0.1, -0.05) is 0 Å². The van der Waals surface area contributed by atoms with E-state index in [1.807, 2.05) is 18.3 Å². The van der Waals surface area contributed by atoms with Gasteiger partial charge in [0.25, 0.3) is 0 Å². The summed E-state index contributed by atoms with van der Waals surface area (Å²) in [5, 5.41) is 4.34. The number of thiazole rings is 1. The number of carbonyl (C=O) groups excluding carboxylic acids is 1. The Balaban J connectivity index is 1.74. The van der Waals surface area contributed by atoms with Crippen LogP contribution in [0.25, 0.3) is 0 Å². The Kier molecular flexibility index (Phi) is 6.74. The van der Waals surface area contributed by atoms with E-state index in [4.69, 9.17) is 4.74 Å². The maximum absolute atomic E-state index is 11.7. The number of rotatable bonds is 8. The summed E-state index contributed by atoms with van der Waals surface area (Å²) < 4.78 is 5.01. The average Bonchev–Trinajstić information content (AvgIpc) is 3.02. The number of aryl methyl sites for hydroxylation is 4. The lowest BCUT2D eigenvalue weighted by Gasteiger charge is -2.01. The normalized spacial score (nSPS) is 11.0. The van der Waals surface area contributed by atoms with Crippen LogP contribution in [0.5, 0.6) is 0 Å². The van der Waals surface area contributed by atoms with Crippen molar-refractivity contribution < 1.29 is 9.53 Å². The van der Waals surface area contributed by atoms with E-state index >= 15 is 0 Å². The number of carbonyl (C=O) groups is 1. The lowest BCUT2D eigenvalue weighted by atomic mass is 10.2. The number of aromatic nitrogens is 1. The molecule has 2 heterocycles. The maximum atomic E-state index is 11.7. The molecule has 2 rings (SSSR count). The van der Waals surface area contributed by atoms with E-state index in [-0.39, 0.29) is 5.97 Å². The Morgan fingerprint density at radius 1 is 1.26 bits per heavy atom. The fourth-order valence-electron chi connectivity index (χ4n) is 2.27. The van der Waals surface area contributed by atoms with Crippen LogP contribution in [0.3, 0.4) is 0 Å². The van der Waals surface area contributed by atoms with Crippen LogP contribution in [0.1, 0.15) is 49.0 Å². The highest BCUT2D eigenvalue weighted by atomic mass is 32.1. The minimum Gasteiger partial charge on any atom is -0.461 e. The predicted molar refractivity (Wildman–Crippen MR) is 96.6 cm³/mol. The lowest BCUT2D eigenvalue weighted by Crippen LogP contribution is -2.15. The first kappa shape index (κ1) is 18.1. The summed E-state index contributed by atoms with van der Waals surface area (Å²) >= 11 is 3.45. The van der Waals surface area contributed by atoms with Gasteiger partial charge in [-0.15, -0.1) is 22.7 Å². The second-order valence-corrected chi connectivity index (χ2v) is 8.09. The standard InChI is InChI=1S/C17H24N2O2S2/c1-5-21-17(20)16-13(4)23-15(19-16)10-18-8-6-7-14-9-11(2)12(3)22-14/h9,18H,5-8,10H2,1-4H3. The molecule has 0 fully saturated rings. The molecule has 0 aromatic carbocycles. The third-order valence-electron chi connectivity index (χ3n) is 3.58. The van der Waals surface area contributed by atoms with Crippen LogP contribution in [0, 0.1) is 20.8 Å². The number of nitrogens with one attached hydrogen (secondary N) is 1. The summed E-state index contributed by atoms with van der Waals surface area (Å²) in [5.41, 5.74) is 1.85. The summed E-state index contributed by atoms with van der Waals surface area (Å²) in [6, 6.07) is 2.29. The first-order valence-electron chi connectivity index (χ1n) is 7.91. The number of esters is 1. The molecule has 0 unspecified atom stereocenters. The molecule has 0 saturated carbocycles. The maximum Gasteiger partial charge on any atom is 0.358 e. The fourth-order valence-corrected chi connectivity index (χ4v) is 4.26. The predicted octanol–water partition coefficient (Wildman–Crippen LogP) is 4.03. The van der Waals surface area contributed by atoms with Gasteiger partial charge in [0.2, 0.25) is 0 Å². The van der Waals surface area contributed by atoms with Crippen molar-refractivity contribution in [2.24, 2.45) is 0 Å². The topological polar surface area (TPSA) is 51.2 Å². The smallest absolute Gasteiger partial charge is 0.358 e. The molecule has 1 N–H and O–H groups in total. The SMILES string of the molecule is CCOC(=O)c1nc(CNCCCc2cc(C)c(C)s2)sc1C. The van der Waals surface area contributed by atoms with Gasteiger partial charge in [-0.3, -0.25) is 0 Å². The summed E-state index contributed by atoms with van der Waals surface area (Å²) in [6.07, 6.45) is 2.21. The highest BCUT2D eigenvalue weighted by Gasteiger charge is 2.15. The van der Waals surface area contributed by atoms with E-state index in [2.05, 4.69) is 30.2 Å². The van der Waals surface area contributed by atoms with Crippen molar-refractivity contribution in [2.75, 3.05) is 13.2 Å². The molecular weight excluding hydrogens is 328 g/mol. The van der Waals surface area contributed by atoms with Crippen molar-refractivity contribution in [1.82, 2.24) is 10.3 Å². The van der Waals surface area contributed by atoms with Crippen LogP contribution in [-0.4, -0.2) is 24.1 Å². The number of hydrogen-bond acceptors (Lipinski definition) is 6. The highest BCUT2D eigenvalue weighted by molar-refractivity contribution is 7.12. The van der Waals surface area contributed by atoms with Crippen molar-refractivity contribution in [3.05, 3.63) is 37.0 Å². The molecule has 0 amide bonds. The Bertz CT molecular complexity index is 642. The molecule has 2 aromatic heterocycles. The Hall–Kier alpha value is -1.24. The van der Waals surface area contributed by atoms with Crippen molar-refractivity contribution in [3.63, 3.8) is 0 Å². The van der Waals surface area contributed by atoms with Crippen LogP contribution < -0.4 is 5.32 Å². The fraction of sp³-hybridized carbons (Fsp3) is 0.529. The molecule has 0 aliphatic heterocycles. The Morgan fingerprint density at radius 2 is 2.04 bits per heavy atom. The van der Waals surface area contributed by atoms with E-state index in [0.717, 1.165) is 29.3 Å². The number of ether oxygens (including phenoxy) is 1. The van der Waals surface area contributed by atoms with E-state index in [1.54, 1.807) is 18.3 Å². The highest BCUT2D eigenvalue weighted by Crippen LogP contribution is 2.21. The van der Waals surface area contributed by atoms with Gasteiger partial charge in [0, 0.05) is 21.2 Å². The monoisotopic (exact) mass is 352 g/mol. The molecule has 0 saturated heterocycles. The minimum absolute atomic E-state index is 0.323. The molecule has 0 bridgehead atoms. The zero-order chi connectivity index (χ0) is 16.8. The van der Waals surface area contributed by atoms with Crippen LogP contribution in [0.4, 0.5) is 0 Å². The summed E-state index contributed by atoms with van der Waals surface area (Å²) in [4.78, 5) is 19.9. The van der Waals surface area contributed by atoms with E-state index in [1.165, 1.54) is 15.3 Å². The zero-order valence-electron chi connectivity index (χ0n) is 14.2. The average molecular weight is 353 g/mol. The van der Waals surface area contributed by atoms with Gasteiger partial charge >= 0.3 is 5.97 Å². The third-order valence-corrected chi connectivity index (χ3v) is 5.76. The summed E-state index contributed by atoms with van der Waals surface area (Å²) in [6.45, 7) is 10.1. The van der Waals surface area contributed by atoms with Gasteiger partial charge in [-0.2, -0.15) is 0 Å². The Morgan fingerprint density at radius 3 is 2.70 bits per heavy atom. The molecule has 0 atom stereocenters. The van der Waals surface area contributed by atoms with Crippen LogP contribution in [-0.2, 0) is 17.7 Å². The van der Waals surface area contributed by atoms with Gasteiger partial charge < -0.3 is 10.1 Å². The molecule has 4 nitrogen and oxygen atoms in total. The molecule has 23 heavy (non-hydrogen) atoms. The summed E-state index contributed by atoms with van der Waals surface area (Å²) in [5.74, 6) is -0.323. The van der Waals surface area contributed by atoms with Crippen LogP contribution >= 0.6 is 22.7 Å². The van der Waals surface area contributed by atoms with E-state index in [9.17, 15) is 4.79 Å². The lowest BCUT2D eigenvalue weighted by molar-refractivity contribution is 0.0519. The number of hydrogen-bond donors (Lipinski definition) is 1. The minimum atomic E-state index is -0.323. The van der Waals surface area contributed by atoms with E-state index < -0.39 is 0 Å². The molecule has 0 aliphatic carbocycles. The van der Waals surface area contributed by atoms with Gasteiger partial charge in [-0.05, 0) is 58.7 Å². The van der Waals surface area contributed by atoms with Crippen molar-refractivity contribution in [3.8, 4) is 0 Å². The van der Waals surface area contributed by atoms with Crippen molar-refractivity contribution in [1.29, 1.82) is 0 Å². The first-order chi connectivity index (χ1) is 11.0. The van der Waals surface area contributed by atoms with Gasteiger partial charge in [0.15, 0.2) is 5.69 Å². The van der Waals surface area contributed by atoms with Gasteiger partial charge in [-0.25, -0.2) is 9.78 Å². The van der Waals surface area contributed by atoms with Gasteiger partial charge in [0.05, 0.1) is 6.61 Å².